The molecule has 1 heterocycles. The first-order valence-electron chi connectivity index (χ1n) is 3.87. The van der Waals surface area contributed by atoms with E-state index in [1.807, 2.05) is 6.92 Å². The molecular weight excluding hydrogens is 170 g/mol. The van der Waals surface area contributed by atoms with Crippen LogP contribution in [0.4, 0.5) is 5.95 Å². The normalized spacial score (nSPS) is 12.2. The number of hydrogen-bond acceptors (Lipinski definition) is 4. The molecule has 1 aromatic rings. The van der Waals surface area contributed by atoms with Crippen LogP contribution < -0.4 is 5.32 Å². The number of anilines is 1. The summed E-state index contributed by atoms with van der Waals surface area (Å²) in [7, 11) is 0. The molecule has 70 valence electrons. The molecule has 1 aromatic heterocycles. The molecule has 0 aliphatic heterocycles. The third-order valence-corrected chi connectivity index (χ3v) is 1.50. The fourth-order valence-electron chi connectivity index (χ4n) is 0.723. The van der Waals surface area contributed by atoms with Gasteiger partial charge in [0.25, 0.3) is 0 Å². The summed E-state index contributed by atoms with van der Waals surface area (Å²) >= 11 is 0. The van der Waals surface area contributed by atoms with Crippen molar-refractivity contribution >= 4 is 11.9 Å². The van der Waals surface area contributed by atoms with E-state index in [1.54, 1.807) is 12.4 Å². The molecule has 0 aliphatic rings. The standard InChI is InChI=1S/C8H11N3O2/c1-5-3-9-8(10-4-5)11-6(2)7(12)13/h3-4,6H,1-2H3,(H,12,13)(H,9,10,11). The van der Waals surface area contributed by atoms with Crippen molar-refractivity contribution in [3.63, 3.8) is 0 Å². The minimum atomic E-state index is -0.927. The van der Waals surface area contributed by atoms with E-state index in [4.69, 9.17) is 5.11 Å². The second-order valence-electron chi connectivity index (χ2n) is 2.79. The Balaban J connectivity index is 2.64. The van der Waals surface area contributed by atoms with Crippen LogP contribution in [0.15, 0.2) is 12.4 Å². The molecule has 0 aromatic carbocycles. The minimum absolute atomic E-state index is 0.334. The molecule has 13 heavy (non-hydrogen) atoms. The maximum Gasteiger partial charge on any atom is 0.325 e. The van der Waals surface area contributed by atoms with Crippen molar-refractivity contribution in [1.29, 1.82) is 0 Å². The number of rotatable bonds is 3. The molecule has 0 spiro atoms. The average molecular weight is 181 g/mol. The van der Waals surface area contributed by atoms with Crippen molar-refractivity contribution in [2.24, 2.45) is 0 Å². The zero-order chi connectivity index (χ0) is 9.84. The maximum atomic E-state index is 10.5. The predicted molar refractivity (Wildman–Crippen MR) is 47.5 cm³/mol. The summed E-state index contributed by atoms with van der Waals surface area (Å²) in [5.41, 5.74) is 0.938. The van der Waals surface area contributed by atoms with Crippen LogP contribution in [0.25, 0.3) is 0 Å². The second kappa shape index (κ2) is 3.84. The lowest BCUT2D eigenvalue weighted by Crippen LogP contribution is -2.26. The van der Waals surface area contributed by atoms with Gasteiger partial charge in [0.15, 0.2) is 0 Å². The number of aryl methyl sites for hydroxylation is 1. The van der Waals surface area contributed by atoms with Gasteiger partial charge >= 0.3 is 5.97 Å². The van der Waals surface area contributed by atoms with Crippen molar-refractivity contribution < 1.29 is 9.90 Å². The average Bonchev–Trinajstić information content (AvgIpc) is 2.08. The number of hydrogen-bond donors (Lipinski definition) is 2. The Kier molecular flexibility index (Phi) is 2.79. The van der Waals surface area contributed by atoms with Crippen LogP contribution in [0.5, 0.6) is 0 Å². The Morgan fingerprint density at radius 1 is 1.54 bits per heavy atom. The summed E-state index contributed by atoms with van der Waals surface area (Å²) in [6.07, 6.45) is 3.26. The quantitative estimate of drug-likeness (QED) is 0.716. The van der Waals surface area contributed by atoms with Crippen LogP contribution in [-0.2, 0) is 4.79 Å². The summed E-state index contributed by atoms with van der Waals surface area (Å²) in [4.78, 5) is 18.3. The van der Waals surface area contributed by atoms with Crippen molar-refractivity contribution in [3.05, 3.63) is 18.0 Å². The van der Waals surface area contributed by atoms with Gasteiger partial charge in [0.1, 0.15) is 6.04 Å². The molecule has 5 nitrogen and oxygen atoms in total. The molecule has 0 saturated heterocycles. The SMILES string of the molecule is Cc1cnc(NC(C)C(=O)O)nc1. The monoisotopic (exact) mass is 181 g/mol. The molecular formula is C8H11N3O2. The maximum absolute atomic E-state index is 10.5. The fourth-order valence-corrected chi connectivity index (χ4v) is 0.723. The summed E-state index contributed by atoms with van der Waals surface area (Å²) in [5, 5.41) is 11.2. The van der Waals surface area contributed by atoms with Gasteiger partial charge in [-0.2, -0.15) is 0 Å². The van der Waals surface area contributed by atoms with Crippen LogP contribution in [0.2, 0.25) is 0 Å². The Hall–Kier alpha value is -1.65. The van der Waals surface area contributed by atoms with Crippen LogP contribution in [-0.4, -0.2) is 27.1 Å². The first-order valence-corrected chi connectivity index (χ1v) is 3.87. The van der Waals surface area contributed by atoms with Gasteiger partial charge in [-0.15, -0.1) is 0 Å². The number of nitrogens with zero attached hydrogens (tertiary/aromatic N) is 2. The van der Waals surface area contributed by atoms with E-state index >= 15 is 0 Å². The van der Waals surface area contributed by atoms with E-state index in [-0.39, 0.29) is 0 Å². The topological polar surface area (TPSA) is 75.1 Å². The molecule has 2 N–H and O–H groups in total. The third-order valence-electron chi connectivity index (χ3n) is 1.50. The molecule has 0 fully saturated rings. The number of nitrogens with one attached hydrogen (secondary N) is 1. The number of aliphatic carboxylic acids is 1. The lowest BCUT2D eigenvalue weighted by molar-refractivity contribution is -0.137. The Labute approximate surface area is 75.8 Å². The zero-order valence-corrected chi connectivity index (χ0v) is 7.48. The van der Waals surface area contributed by atoms with Gasteiger partial charge in [-0.05, 0) is 19.4 Å². The lowest BCUT2D eigenvalue weighted by atomic mass is 10.3. The number of carbonyl (C=O) groups is 1. The van der Waals surface area contributed by atoms with Crippen LogP contribution in [0.1, 0.15) is 12.5 Å². The molecule has 0 radical (unpaired) electrons. The molecule has 0 aliphatic carbocycles. The smallest absolute Gasteiger partial charge is 0.325 e. The molecule has 0 amide bonds. The number of carboxylic acids is 1. The van der Waals surface area contributed by atoms with E-state index in [2.05, 4.69) is 15.3 Å². The Bertz CT molecular complexity index is 297. The third kappa shape index (κ3) is 2.70. The molecule has 5 heteroatoms. The van der Waals surface area contributed by atoms with E-state index in [9.17, 15) is 4.79 Å². The fraction of sp³-hybridized carbons (Fsp3) is 0.375. The van der Waals surface area contributed by atoms with Crippen molar-refractivity contribution in [1.82, 2.24) is 9.97 Å². The number of aromatic nitrogens is 2. The van der Waals surface area contributed by atoms with Crippen molar-refractivity contribution in [2.75, 3.05) is 5.32 Å². The van der Waals surface area contributed by atoms with Crippen LogP contribution >= 0.6 is 0 Å². The van der Waals surface area contributed by atoms with E-state index in [0.717, 1.165) is 5.56 Å². The van der Waals surface area contributed by atoms with Crippen LogP contribution in [0, 0.1) is 6.92 Å². The van der Waals surface area contributed by atoms with E-state index < -0.39 is 12.0 Å². The Morgan fingerprint density at radius 3 is 2.54 bits per heavy atom. The van der Waals surface area contributed by atoms with Gasteiger partial charge in [0.05, 0.1) is 0 Å². The summed E-state index contributed by atoms with van der Waals surface area (Å²) in [5.74, 6) is -0.593. The van der Waals surface area contributed by atoms with Crippen LogP contribution in [0.3, 0.4) is 0 Å². The van der Waals surface area contributed by atoms with Gasteiger partial charge in [0, 0.05) is 12.4 Å². The van der Waals surface area contributed by atoms with Gasteiger partial charge in [-0.1, -0.05) is 0 Å². The highest BCUT2D eigenvalue weighted by molar-refractivity contribution is 5.75. The summed E-state index contributed by atoms with van der Waals surface area (Å²) in [6, 6.07) is -0.678. The highest BCUT2D eigenvalue weighted by Crippen LogP contribution is 2.00. The number of carboxylic acid groups (broad SMARTS) is 1. The first kappa shape index (κ1) is 9.44. The van der Waals surface area contributed by atoms with Gasteiger partial charge in [-0.3, -0.25) is 4.79 Å². The Morgan fingerprint density at radius 2 is 2.08 bits per heavy atom. The minimum Gasteiger partial charge on any atom is -0.480 e. The van der Waals surface area contributed by atoms with Crippen molar-refractivity contribution in [2.45, 2.75) is 19.9 Å². The predicted octanol–water partition coefficient (Wildman–Crippen LogP) is 0.670. The largest absolute Gasteiger partial charge is 0.480 e. The molecule has 1 unspecified atom stereocenters. The van der Waals surface area contributed by atoms with Crippen molar-refractivity contribution in [3.8, 4) is 0 Å². The lowest BCUT2D eigenvalue weighted by Gasteiger charge is -2.07. The van der Waals surface area contributed by atoms with Gasteiger partial charge in [-0.25, -0.2) is 9.97 Å². The highest BCUT2D eigenvalue weighted by atomic mass is 16.4. The summed E-state index contributed by atoms with van der Waals surface area (Å²) in [6.45, 7) is 3.40. The van der Waals surface area contributed by atoms with E-state index in [1.165, 1.54) is 6.92 Å². The molecule has 0 bridgehead atoms. The first-order chi connectivity index (χ1) is 6.09. The second-order valence-corrected chi connectivity index (χ2v) is 2.79. The molecule has 1 rings (SSSR count). The van der Waals surface area contributed by atoms with Gasteiger partial charge in [0.2, 0.25) is 5.95 Å². The molecule has 0 saturated carbocycles. The van der Waals surface area contributed by atoms with E-state index in [0.29, 0.717) is 5.95 Å². The summed E-state index contributed by atoms with van der Waals surface area (Å²) < 4.78 is 0. The van der Waals surface area contributed by atoms with Gasteiger partial charge < -0.3 is 10.4 Å². The molecule has 1 atom stereocenters. The zero-order valence-electron chi connectivity index (χ0n) is 7.48. The highest BCUT2D eigenvalue weighted by Gasteiger charge is 2.10.